The van der Waals surface area contributed by atoms with E-state index < -0.39 is 0 Å². The Bertz CT molecular complexity index is 1280. The van der Waals surface area contributed by atoms with Crippen molar-refractivity contribution in [1.82, 2.24) is 14.5 Å². The van der Waals surface area contributed by atoms with Crippen molar-refractivity contribution in [1.29, 1.82) is 0 Å². The molecule has 2 fully saturated rings. The number of anilines is 2. The third-order valence-electron chi connectivity index (χ3n) is 6.76. The summed E-state index contributed by atoms with van der Waals surface area (Å²) in [6.07, 6.45) is 1.92. The van der Waals surface area contributed by atoms with E-state index in [0.717, 1.165) is 54.5 Å². The van der Waals surface area contributed by atoms with Gasteiger partial charge in [-0.2, -0.15) is 0 Å². The molecule has 0 amide bonds. The molecule has 0 spiro atoms. The molecule has 0 saturated carbocycles. The first-order valence-electron chi connectivity index (χ1n) is 11.6. The Balaban J connectivity index is 1.41. The van der Waals surface area contributed by atoms with E-state index in [1.54, 1.807) is 23.9 Å². The van der Waals surface area contributed by atoms with Crippen molar-refractivity contribution in [3.8, 4) is 5.75 Å². The van der Waals surface area contributed by atoms with E-state index >= 15 is 0 Å². The molecule has 0 unspecified atom stereocenters. The van der Waals surface area contributed by atoms with E-state index in [1.807, 2.05) is 32.0 Å². The Labute approximate surface area is 203 Å². The SMILES string of the molecule is C=NCc1c(N2C[C@H]3CN(c4ccc(OC(C)C)cn4)C[C@@H]3C2)c2nc(Cl)ccc2n(C)c1=O. The van der Waals surface area contributed by atoms with Gasteiger partial charge < -0.3 is 19.1 Å². The third kappa shape index (κ3) is 4.00. The van der Waals surface area contributed by atoms with Gasteiger partial charge >= 0.3 is 0 Å². The summed E-state index contributed by atoms with van der Waals surface area (Å²) in [6, 6.07) is 7.60. The lowest BCUT2D eigenvalue weighted by Gasteiger charge is -2.26. The zero-order valence-electron chi connectivity index (χ0n) is 19.7. The van der Waals surface area contributed by atoms with Gasteiger partial charge in [0.15, 0.2) is 0 Å². The summed E-state index contributed by atoms with van der Waals surface area (Å²) in [5, 5.41) is 0.409. The van der Waals surface area contributed by atoms with Crippen LogP contribution in [0.1, 0.15) is 19.4 Å². The van der Waals surface area contributed by atoms with E-state index in [9.17, 15) is 4.79 Å². The lowest BCUT2D eigenvalue weighted by atomic mass is 10.0. The number of halogens is 1. The van der Waals surface area contributed by atoms with Gasteiger partial charge in [0.2, 0.25) is 0 Å². The Morgan fingerprint density at radius 3 is 2.47 bits per heavy atom. The fourth-order valence-corrected chi connectivity index (χ4v) is 5.44. The van der Waals surface area contributed by atoms with Gasteiger partial charge in [0.25, 0.3) is 5.56 Å². The molecule has 0 N–H and O–H groups in total. The van der Waals surface area contributed by atoms with Gasteiger partial charge in [0.1, 0.15) is 22.2 Å². The largest absolute Gasteiger partial charge is 0.489 e. The number of fused-ring (bicyclic) bond motifs is 2. The minimum atomic E-state index is -0.0642. The second-order valence-electron chi connectivity index (χ2n) is 9.42. The van der Waals surface area contributed by atoms with Crippen LogP contribution in [-0.2, 0) is 13.6 Å². The van der Waals surface area contributed by atoms with Crippen LogP contribution in [0.5, 0.6) is 5.75 Å². The predicted molar refractivity (Wildman–Crippen MR) is 137 cm³/mol. The van der Waals surface area contributed by atoms with Crippen LogP contribution < -0.4 is 20.1 Å². The quantitative estimate of drug-likeness (QED) is 0.397. The lowest BCUT2D eigenvalue weighted by Crippen LogP contribution is -2.32. The number of aryl methyl sites for hydroxylation is 1. The number of aromatic nitrogens is 3. The number of ether oxygens (including phenoxy) is 1. The maximum absolute atomic E-state index is 13.2. The van der Waals surface area contributed by atoms with Crippen molar-refractivity contribution >= 4 is 40.9 Å². The molecule has 0 aliphatic carbocycles. The van der Waals surface area contributed by atoms with E-state index in [2.05, 4.69) is 31.5 Å². The van der Waals surface area contributed by atoms with E-state index in [-0.39, 0.29) is 18.2 Å². The molecule has 2 aliphatic rings. The molecule has 8 nitrogen and oxygen atoms in total. The Kier molecular flexibility index (Phi) is 5.93. The zero-order valence-corrected chi connectivity index (χ0v) is 20.5. The molecule has 0 bridgehead atoms. The highest BCUT2D eigenvalue weighted by molar-refractivity contribution is 6.29. The Morgan fingerprint density at radius 1 is 1.15 bits per heavy atom. The highest BCUT2D eigenvalue weighted by Crippen LogP contribution is 2.39. The fourth-order valence-electron chi connectivity index (χ4n) is 5.29. The minimum Gasteiger partial charge on any atom is -0.489 e. The van der Waals surface area contributed by atoms with E-state index in [0.29, 0.717) is 22.6 Å². The number of hydrogen-bond donors (Lipinski definition) is 0. The number of nitrogens with zero attached hydrogens (tertiary/aromatic N) is 6. The topological polar surface area (TPSA) is 75.8 Å². The van der Waals surface area contributed by atoms with Crippen LogP contribution in [0.3, 0.4) is 0 Å². The Hall–Kier alpha value is -3.13. The van der Waals surface area contributed by atoms with E-state index in [4.69, 9.17) is 16.3 Å². The van der Waals surface area contributed by atoms with Gasteiger partial charge in [-0.05, 0) is 44.8 Å². The van der Waals surface area contributed by atoms with Crippen LogP contribution in [0.25, 0.3) is 11.0 Å². The molecule has 5 rings (SSSR count). The summed E-state index contributed by atoms with van der Waals surface area (Å²) in [5.74, 6) is 2.70. The molecule has 0 aromatic carbocycles. The first kappa shape index (κ1) is 22.7. The average molecular weight is 481 g/mol. The minimum absolute atomic E-state index is 0.0642. The summed E-state index contributed by atoms with van der Waals surface area (Å²) in [7, 11) is 1.76. The van der Waals surface area contributed by atoms with Gasteiger partial charge in [0.05, 0.1) is 35.6 Å². The van der Waals surface area contributed by atoms with Crippen molar-refractivity contribution < 1.29 is 4.74 Å². The van der Waals surface area contributed by atoms with Crippen molar-refractivity contribution in [2.24, 2.45) is 23.9 Å². The van der Waals surface area contributed by atoms with Gasteiger partial charge in [0, 0.05) is 45.1 Å². The predicted octanol–water partition coefficient (Wildman–Crippen LogP) is 3.54. The van der Waals surface area contributed by atoms with E-state index in [1.165, 1.54) is 0 Å². The monoisotopic (exact) mass is 480 g/mol. The summed E-state index contributed by atoms with van der Waals surface area (Å²) in [4.78, 5) is 31.1. The van der Waals surface area contributed by atoms with Crippen molar-refractivity contribution in [3.05, 3.63) is 51.5 Å². The summed E-state index contributed by atoms with van der Waals surface area (Å²) >= 11 is 6.27. The standard InChI is InChI=1S/C25H29ClN6O2/c1-15(2)34-18-5-8-22(28-9-18)31-11-16-13-32(14-17(16)12-31)24-19(10-27-3)25(33)30(4)20-6-7-21(26)29-23(20)24/h5-9,15-17H,3,10-14H2,1-2,4H3/t16-,17-/m1/s1. The first-order valence-corrected chi connectivity index (χ1v) is 12.0. The Morgan fingerprint density at radius 2 is 1.85 bits per heavy atom. The van der Waals surface area contributed by atoms with Crippen molar-refractivity contribution in [2.75, 3.05) is 36.0 Å². The van der Waals surface area contributed by atoms with Crippen LogP contribution in [0.4, 0.5) is 11.5 Å². The van der Waals surface area contributed by atoms with Gasteiger partial charge in [-0.15, -0.1) is 0 Å². The second kappa shape index (κ2) is 8.91. The zero-order chi connectivity index (χ0) is 24.0. The maximum Gasteiger partial charge on any atom is 0.258 e. The lowest BCUT2D eigenvalue weighted by molar-refractivity contribution is 0.241. The van der Waals surface area contributed by atoms with Crippen LogP contribution in [-0.4, -0.2) is 53.5 Å². The molecule has 3 aromatic rings. The van der Waals surface area contributed by atoms with Gasteiger partial charge in [-0.1, -0.05) is 11.6 Å². The molecular weight excluding hydrogens is 452 g/mol. The van der Waals surface area contributed by atoms with Crippen molar-refractivity contribution in [2.45, 2.75) is 26.5 Å². The molecule has 5 heterocycles. The molecule has 34 heavy (non-hydrogen) atoms. The van der Waals surface area contributed by atoms with Gasteiger partial charge in [-0.25, -0.2) is 9.97 Å². The summed E-state index contributed by atoms with van der Waals surface area (Å²) in [6.45, 7) is 11.4. The van der Waals surface area contributed by atoms with Crippen LogP contribution in [0, 0.1) is 11.8 Å². The molecule has 9 heteroatoms. The number of pyridine rings is 3. The normalized spacial score (nSPS) is 19.8. The molecule has 0 radical (unpaired) electrons. The maximum atomic E-state index is 13.2. The second-order valence-corrected chi connectivity index (χ2v) is 9.81. The number of hydrogen-bond acceptors (Lipinski definition) is 7. The van der Waals surface area contributed by atoms with Crippen LogP contribution >= 0.6 is 11.6 Å². The average Bonchev–Trinajstić information content (AvgIpc) is 3.37. The molecule has 2 atom stereocenters. The van der Waals surface area contributed by atoms with Crippen LogP contribution in [0.2, 0.25) is 5.15 Å². The summed E-state index contributed by atoms with van der Waals surface area (Å²) < 4.78 is 7.34. The first-order chi connectivity index (χ1) is 16.4. The smallest absolute Gasteiger partial charge is 0.258 e. The van der Waals surface area contributed by atoms with Crippen LogP contribution in [0.15, 0.2) is 40.2 Å². The van der Waals surface area contributed by atoms with Gasteiger partial charge in [-0.3, -0.25) is 9.79 Å². The molecule has 3 aromatic heterocycles. The molecule has 178 valence electrons. The van der Waals surface area contributed by atoms with Crippen molar-refractivity contribution in [3.63, 3.8) is 0 Å². The highest BCUT2D eigenvalue weighted by atomic mass is 35.5. The third-order valence-corrected chi connectivity index (χ3v) is 6.97. The number of rotatable bonds is 6. The molecular formula is C25H29ClN6O2. The number of aliphatic imine (C=N–C) groups is 1. The summed E-state index contributed by atoms with van der Waals surface area (Å²) in [5.41, 5.74) is 2.92. The molecule has 2 aliphatic heterocycles. The highest BCUT2D eigenvalue weighted by Gasteiger charge is 2.42. The molecule has 2 saturated heterocycles. The fraction of sp³-hybridized carbons (Fsp3) is 0.440.